The van der Waals surface area contributed by atoms with Crippen LogP contribution in [0.3, 0.4) is 0 Å². The van der Waals surface area contributed by atoms with Crippen molar-refractivity contribution in [3.05, 3.63) is 70.9 Å². The van der Waals surface area contributed by atoms with Crippen molar-refractivity contribution in [1.29, 1.82) is 0 Å². The molecule has 0 spiro atoms. The molecule has 0 bridgehead atoms. The van der Waals surface area contributed by atoms with Gasteiger partial charge in [-0.05, 0) is 60.7 Å². The summed E-state index contributed by atoms with van der Waals surface area (Å²) in [6.45, 7) is 6.60. The molecule has 1 aliphatic heterocycles. The van der Waals surface area contributed by atoms with Crippen molar-refractivity contribution in [1.82, 2.24) is 0 Å². The summed E-state index contributed by atoms with van der Waals surface area (Å²) in [6, 6.07) is 14.3. The number of allylic oxidation sites excluding steroid dienone is 2. The molecule has 32 heavy (non-hydrogen) atoms. The maximum absolute atomic E-state index is 13.4. The minimum Gasteiger partial charge on any atom is -0.494 e. The van der Waals surface area contributed by atoms with Crippen LogP contribution in [-0.2, 0) is 9.59 Å². The summed E-state index contributed by atoms with van der Waals surface area (Å²) < 4.78 is 5.54. The number of ketones is 1. The zero-order valence-corrected chi connectivity index (χ0v) is 18.7. The van der Waals surface area contributed by atoms with Gasteiger partial charge in [-0.25, -0.2) is 0 Å². The van der Waals surface area contributed by atoms with Crippen LogP contribution in [0.5, 0.6) is 5.75 Å². The van der Waals surface area contributed by atoms with Crippen LogP contribution < -0.4 is 15.4 Å². The first-order valence-corrected chi connectivity index (χ1v) is 10.9. The SMILES string of the molecule is CCOc1ccc(C2CC(=O)N(c3ccc(C(N)=O)cc3)C3=C2C(=O)CC(C)(C)C3)cc1. The molecular formula is C26H28N2O4. The van der Waals surface area contributed by atoms with E-state index in [1.54, 1.807) is 29.2 Å². The Morgan fingerprint density at radius 2 is 1.72 bits per heavy atom. The number of Topliss-reactive ketones (excluding diaryl/α,β-unsaturated/α-hetero) is 1. The summed E-state index contributed by atoms with van der Waals surface area (Å²) in [7, 11) is 0. The van der Waals surface area contributed by atoms with Gasteiger partial charge in [-0.2, -0.15) is 0 Å². The quantitative estimate of drug-likeness (QED) is 0.761. The molecule has 6 heteroatoms. The molecule has 1 atom stereocenters. The van der Waals surface area contributed by atoms with E-state index in [9.17, 15) is 14.4 Å². The number of amides is 2. The molecule has 2 aromatic rings. The third-order valence-corrected chi connectivity index (χ3v) is 6.15. The number of nitrogens with zero attached hydrogens (tertiary/aromatic N) is 1. The Balaban J connectivity index is 1.81. The Morgan fingerprint density at radius 3 is 2.31 bits per heavy atom. The Hall–Kier alpha value is -3.41. The summed E-state index contributed by atoms with van der Waals surface area (Å²) in [5.41, 5.74) is 8.54. The maximum Gasteiger partial charge on any atom is 0.248 e. The van der Waals surface area contributed by atoms with Crippen molar-refractivity contribution < 1.29 is 19.1 Å². The number of benzene rings is 2. The van der Waals surface area contributed by atoms with E-state index in [0.717, 1.165) is 17.0 Å². The normalized spacial score (nSPS) is 20.2. The van der Waals surface area contributed by atoms with Crippen LogP contribution >= 0.6 is 0 Å². The number of rotatable bonds is 5. The fourth-order valence-corrected chi connectivity index (χ4v) is 4.74. The molecule has 2 N–H and O–H groups in total. The highest BCUT2D eigenvalue weighted by Crippen LogP contribution is 2.48. The van der Waals surface area contributed by atoms with Gasteiger partial charge < -0.3 is 10.5 Å². The average Bonchev–Trinajstić information content (AvgIpc) is 2.73. The Kier molecular flexibility index (Phi) is 5.63. The standard InChI is InChI=1S/C26H28N2O4/c1-4-32-19-11-7-16(8-12-19)20-13-23(30)28(18-9-5-17(6-10-18)25(27)31)21-14-26(2,3)15-22(29)24(20)21/h5-12,20H,4,13-15H2,1-3H3,(H2,27,31). The zero-order chi connectivity index (χ0) is 23.0. The van der Waals surface area contributed by atoms with Crippen LogP contribution in [-0.4, -0.2) is 24.2 Å². The van der Waals surface area contributed by atoms with Crippen molar-refractivity contribution in [3.8, 4) is 5.75 Å². The monoisotopic (exact) mass is 432 g/mol. The number of carbonyl (C=O) groups excluding carboxylic acids is 3. The molecule has 1 aliphatic carbocycles. The van der Waals surface area contributed by atoms with Crippen LogP contribution in [0.1, 0.15) is 61.9 Å². The molecule has 6 nitrogen and oxygen atoms in total. The van der Waals surface area contributed by atoms with Gasteiger partial charge in [0.25, 0.3) is 0 Å². The van der Waals surface area contributed by atoms with E-state index in [1.165, 1.54) is 0 Å². The van der Waals surface area contributed by atoms with Gasteiger partial charge in [0.1, 0.15) is 5.75 Å². The Bertz CT molecular complexity index is 1100. The van der Waals surface area contributed by atoms with Crippen molar-refractivity contribution in [2.24, 2.45) is 11.1 Å². The lowest BCUT2D eigenvalue weighted by molar-refractivity contribution is -0.121. The predicted molar refractivity (Wildman–Crippen MR) is 122 cm³/mol. The highest BCUT2D eigenvalue weighted by atomic mass is 16.5. The minimum atomic E-state index is -0.522. The molecule has 1 heterocycles. The summed E-state index contributed by atoms with van der Waals surface area (Å²) in [6.07, 6.45) is 1.27. The highest BCUT2D eigenvalue weighted by Gasteiger charge is 2.44. The number of ether oxygens (including phenoxy) is 1. The molecule has 2 aromatic carbocycles. The number of carbonyl (C=O) groups is 3. The van der Waals surface area contributed by atoms with Gasteiger partial charge in [0, 0.05) is 41.3 Å². The molecular weight excluding hydrogens is 404 g/mol. The summed E-state index contributed by atoms with van der Waals surface area (Å²) in [4.78, 5) is 39.9. The smallest absolute Gasteiger partial charge is 0.248 e. The summed E-state index contributed by atoms with van der Waals surface area (Å²) in [5.74, 6) is -0.0231. The van der Waals surface area contributed by atoms with Gasteiger partial charge in [-0.1, -0.05) is 26.0 Å². The highest BCUT2D eigenvalue weighted by molar-refractivity contribution is 6.08. The minimum absolute atomic E-state index is 0.0695. The molecule has 0 saturated carbocycles. The van der Waals surface area contributed by atoms with Crippen LogP contribution in [0.2, 0.25) is 0 Å². The van der Waals surface area contributed by atoms with Crippen LogP contribution in [0.15, 0.2) is 59.8 Å². The molecule has 0 aromatic heterocycles. The average molecular weight is 433 g/mol. The van der Waals surface area contributed by atoms with E-state index in [1.807, 2.05) is 45.0 Å². The second kappa shape index (κ2) is 8.26. The number of nitrogens with two attached hydrogens (primary N) is 1. The molecule has 4 rings (SSSR count). The maximum atomic E-state index is 13.4. The largest absolute Gasteiger partial charge is 0.494 e. The molecule has 1 unspecified atom stereocenters. The van der Waals surface area contributed by atoms with Crippen molar-refractivity contribution in [2.75, 3.05) is 11.5 Å². The third kappa shape index (κ3) is 4.05. The Labute approximate surface area is 188 Å². The zero-order valence-electron chi connectivity index (χ0n) is 18.7. The molecule has 2 aliphatic rings. The van der Waals surface area contributed by atoms with Gasteiger partial charge in [-0.3, -0.25) is 19.3 Å². The van der Waals surface area contributed by atoms with Crippen molar-refractivity contribution >= 4 is 23.3 Å². The molecule has 2 amide bonds. The van der Waals surface area contributed by atoms with E-state index in [-0.39, 0.29) is 29.4 Å². The molecule has 0 fully saturated rings. The summed E-state index contributed by atoms with van der Waals surface area (Å²) in [5, 5.41) is 0. The molecule has 0 saturated heterocycles. The van der Waals surface area contributed by atoms with Crippen LogP contribution in [0.25, 0.3) is 0 Å². The first kappa shape index (κ1) is 21.8. The van der Waals surface area contributed by atoms with Gasteiger partial charge in [0.15, 0.2) is 5.78 Å². The number of anilines is 1. The van der Waals surface area contributed by atoms with Crippen molar-refractivity contribution in [3.63, 3.8) is 0 Å². The number of hydrogen-bond donors (Lipinski definition) is 1. The van der Waals surface area contributed by atoms with E-state index >= 15 is 0 Å². The van der Waals surface area contributed by atoms with Gasteiger partial charge in [-0.15, -0.1) is 0 Å². The molecule has 0 radical (unpaired) electrons. The fraction of sp³-hybridized carbons (Fsp3) is 0.346. The first-order valence-electron chi connectivity index (χ1n) is 10.9. The fourth-order valence-electron chi connectivity index (χ4n) is 4.74. The van der Waals surface area contributed by atoms with Gasteiger partial charge in [0.05, 0.1) is 6.61 Å². The number of primary amides is 1. The lowest BCUT2D eigenvalue weighted by atomic mass is 9.69. The second-order valence-electron chi connectivity index (χ2n) is 9.20. The number of hydrogen-bond acceptors (Lipinski definition) is 4. The molecule has 166 valence electrons. The predicted octanol–water partition coefficient (Wildman–Crippen LogP) is 4.35. The summed E-state index contributed by atoms with van der Waals surface area (Å²) >= 11 is 0. The lowest BCUT2D eigenvalue weighted by Crippen LogP contribution is -2.43. The van der Waals surface area contributed by atoms with E-state index in [0.29, 0.717) is 36.3 Å². The lowest BCUT2D eigenvalue weighted by Gasteiger charge is -2.43. The van der Waals surface area contributed by atoms with E-state index < -0.39 is 5.91 Å². The van der Waals surface area contributed by atoms with Crippen LogP contribution in [0, 0.1) is 5.41 Å². The van der Waals surface area contributed by atoms with E-state index in [2.05, 4.69) is 0 Å². The first-order chi connectivity index (χ1) is 15.2. The second-order valence-corrected chi connectivity index (χ2v) is 9.20. The third-order valence-electron chi connectivity index (χ3n) is 6.15. The van der Waals surface area contributed by atoms with Crippen LogP contribution in [0.4, 0.5) is 5.69 Å². The Morgan fingerprint density at radius 1 is 1.06 bits per heavy atom. The van der Waals surface area contributed by atoms with Crippen molar-refractivity contribution in [2.45, 2.75) is 46.0 Å². The van der Waals surface area contributed by atoms with E-state index in [4.69, 9.17) is 10.5 Å². The van der Waals surface area contributed by atoms with Gasteiger partial charge >= 0.3 is 0 Å². The topological polar surface area (TPSA) is 89.7 Å². The van der Waals surface area contributed by atoms with Gasteiger partial charge in [0.2, 0.25) is 11.8 Å².